The summed E-state index contributed by atoms with van der Waals surface area (Å²) < 4.78 is 41.3. The maximum Gasteiger partial charge on any atom is 0.390 e. The van der Waals surface area contributed by atoms with Crippen LogP contribution in [0.5, 0.6) is 0 Å². The van der Waals surface area contributed by atoms with Crippen LogP contribution in [-0.2, 0) is 9.53 Å². The zero-order chi connectivity index (χ0) is 11.7. The van der Waals surface area contributed by atoms with Gasteiger partial charge in [-0.2, -0.15) is 13.2 Å². The van der Waals surface area contributed by atoms with Crippen LogP contribution in [0.2, 0.25) is 0 Å². The lowest BCUT2D eigenvalue weighted by Gasteiger charge is -2.37. The van der Waals surface area contributed by atoms with Crippen LogP contribution in [0.1, 0.15) is 12.8 Å². The Balaban J connectivity index is 2.91. The minimum Gasteiger partial charge on any atom is -0.481 e. The summed E-state index contributed by atoms with van der Waals surface area (Å²) in [5.41, 5.74) is -2.25. The normalized spacial score (nSPS) is 32.7. The van der Waals surface area contributed by atoms with Gasteiger partial charge in [-0.15, -0.1) is 0 Å². The molecule has 1 rings (SSSR count). The van der Waals surface area contributed by atoms with Gasteiger partial charge in [0.25, 0.3) is 0 Å². The molecule has 2 atom stereocenters. The summed E-state index contributed by atoms with van der Waals surface area (Å²) in [5, 5.41) is 18.2. The Labute approximate surface area is 83.6 Å². The van der Waals surface area contributed by atoms with E-state index in [2.05, 4.69) is 0 Å². The number of rotatable bonds is 2. The van der Waals surface area contributed by atoms with Crippen molar-refractivity contribution in [3.63, 3.8) is 0 Å². The Morgan fingerprint density at radius 2 is 2.13 bits per heavy atom. The van der Waals surface area contributed by atoms with Gasteiger partial charge in [-0.1, -0.05) is 0 Å². The molecule has 4 nitrogen and oxygen atoms in total. The van der Waals surface area contributed by atoms with E-state index in [1.54, 1.807) is 0 Å². The Bertz CT molecular complexity index is 253. The molecule has 0 aliphatic carbocycles. The maximum atomic E-state index is 12.2. The molecule has 1 aliphatic heterocycles. The molecule has 88 valence electrons. The van der Waals surface area contributed by atoms with Crippen LogP contribution in [0.3, 0.4) is 0 Å². The minimum atomic E-state index is -4.64. The molecule has 0 aromatic heterocycles. The first-order valence-electron chi connectivity index (χ1n) is 4.34. The molecule has 15 heavy (non-hydrogen) atoms. The standard InChI is InChI=1S/C8H11F3O4/c9-8(10,11)3-7(6(13)14)4-15-2-1-5(7)12/h5,12H,1-4H2,(H,13,14). The minimum absolute atomic E-state index is 0.0774. The number of carboxylic acids is 1. The van der Waals surface area contributed by atoms with Crippen molar-refractivity contribution in [3.05, 3.63) is 0 Å². The summed E-state index contributed by atoms with van der Waals surface area (Å²) in [6, 6.07) is 0. The van der Waals surface area contributed by atoms with Gasteiger partial charge in [0.15, 0.2) is 0 Å². The highest BCUT2D eigenvalue weighted by molar-refractivity contribution is 5.76. The number of aliphatic hydroxyl groups excluding tert-OH is 1. The number of hydrogen-bond donors (Lipinski definition) is 2. The van der Waals surface area contributed by atoms with Crippen LogP contribution in [-0.4, -0.2) is 41.7 Å². The summed E-state index contributed by atoms with van der Waals surface area (Å²) >= 11 is 0. The van der Waals surface area contributed by atoms with Gasteiger partial charge in [0.05, 0.1) is 19.1 Å². The lowest BCUT2D eigenvalue weighted by molar-refractivity contribution is -0.212. The summed E-state index contributed by atoms with van der Waals surface area (Å²) in [4.78, 5) is 10.8. The third-order valence-electron chi connectivity index (χ3n) is 2.47. The summed E-state index contributed by atoms with van der Waals surface area (Å²) in [5.74, 6) is -1.67. The van der Waals surface area contributed by atoms with E-state index in [-0.39, 0.29) is 13.0 Å². The average Bonchev–Trinajstić information content (AvgIpc) is 2.06. The molecule has 1 aliphatic rings. The zero-order valence-corrected chi connectivity index (χ0v) is 7.75. The number of carboxylic acid groups (broad SMARTS) is 1. The molecule has 1 fully saturated rings. The monoisotopic (exact) mass is 228 g/mol. The van der Waals surface area contributed by atoms with Crippen molar-refractivity contribution < 1.29 is 32.9 Å². The van der Waals surface area contributed by atoms with E-state index in [0.29, 0.717) is 0 Å². The Kier molecular flexibility index (Phi) is 3.25. The maximum absolute atomic E-state index is 12.2. The van der Waals surface area contributed by atoms with Gasteiger partial charge in [0.1, 0.15) is 5.41 Å². The van der Waals surface area contributed by atoms with E-state index in [0.717, 1.165) is 0 Å². The molecule has 0 spiro atoms. The van der Waals surface area contributed by atoms with Crippen LogP contribution in [0.25, 0.3) is 0 Å². The first-order chi connectivity index (χ1) is 6.78. The van der Waals surface area contributed by atoms with Crippen molar-refractivity contribution in [1.29, 1.82) is 0 Å². The molecule has 0 bridgehead atoms. The van der Waals surface area contributed by atoms with Crippen molar-refractivity contribution in [2.24, 2.45) is 5.41 Å². The largest absolute Gasteiger partial charge is 0.481 e. The molecule has 0 saturated carbocycles. The van der Waals surface area contributed by atoms with Crippen molar-refractivity contribution >= 4 is 5.97 Å². The molecule has 0 amide bonds. The van der Waals surface area contributed by atoms with E-state index in [1.807, 2.05) is 0 Å². The number of hydrogen-bond acceptors (Lipinski definition) is 3. The third kappa shape index (κ3) is 2.60. The smallest absolute Gasteiger partial charge is 0.390 e. The van der Waals surface area contributed by atoms with E-state index in [1.165, 1.54) is 0 Å². The predicted molar refractivity (Wildman–Crippen MR) is 42.2 cm³/mol. The van der Waals surface area contributed by atoms with Crippen LogP contribution < -0.4 is 0 Å². The molecule has 0 aromatic rings. The van der Waals surface area contributed by atoms with Gasteiger partial charge in [-0.05, 0) is 6.42 Å². The topological polar surface area (TPSA) is 66.8 Å². The molecule has 2 unspecified atom stereocenters. The molecule has 0 aromatic carbocycles. The highest BCUT2D eigenvalue weighted by atomic mass is 19.4. The van der Waals surface area contributed by atoms with Gasteiger partial charge in [-0.3, -0.25) is 4.79 Å². The van der Waals surface area contributed by atoms with E-state index in [4.69, 9.17) is 9.84 Å². The van der Waals surface area contributed by atoms with Crippen LogP contribution >= 0.6 is 0 Å². The summed E-state index contributed by atoms with van der Waals surface area (Å²) in [7, 11) is 0. The van der Waals surface area contributed by atoms with Crippen LogP contribution in [0.15, 0.2) is 0 Å². The second-order valence-corrected chi connectivity index (χ2v) is 3.61. The first-order valence-corrected chi connectivity index (χ1v) is 4.34. The molecule has 1 heterocycles. The molecule has 2 N–H and O–H groups in total. The van der Waals surface area contributed by atoms with Crippen LogP contribution in [0, 0.1) is 5.41 Å². The fourth-order valence-electron chi connectivity index (χ4n) is 1.63. The van der Waals surface area contributed by atoms with Crippen LogP contribution in [0.4, 0.5) is 13.2 Å². The molecule has 7 heteroatoms. The summed E-state index contributed by atoms with van der Waals surface area (Å²) in [6.45, 7) is -0.531. The number of halogens is 3. The fourth-order valence-corrected chi connectivity index (χ4v) is 1.63. The molecule has 0 radical (unpaired) electrons. The number of ether oxygens (including phenoxy) is 1. The van der Waals surface area contributed by atoms with Gasteiger partial charge >= 0.3 is 12.1 Å². The van der Waals surface area contributed by atoms with Gasteiger partial charge < -0.3 is 14.9 Å². The molecule has 1 saturated heterocycles. The van der Waals surface area contributed by atoms with Crippen molar-refractivity contribution in [2.45, 2.75) is 25.1 Å². The van der Waals surface area contributed by atoms with Gasteiger partial charge in [0, 0.05) is 6.61 Å². The Morgan fingerprint density at radius 1 is 1.53 bits per heavy atom. The lowest BCUT2D eigenvalue weighted by Crippen LogP contribution is -2.52. The van der Waals surface area contributed by atoms with Crippen molar-refractivity contribution in [2.75, 3.05) is 13.2 Å². The first kappa shape index (κ1) is 12.3. The second kappa shape index (κ2) is 3.97. The van der Waals surface area contributed by atoms with Crippen molar-refractivity contribution in [3.8, 4) is 0 Å². The Morgan fingerprint density at radius 3 is 2.53 bits per heavy atom. The number of aliphatic carboxylic acids is 1. The number of alkyl halides is 3. The van der Waals surface area contributed by atoms with E-state index < -0.39 is 36.7 Å². The molecular formula is C8H11F3O4. The van der Waals surface area contributed by atoms with E-state index in [9.17, 15) is 23.1 Å². The van der Waals surface area contributed by atoms with Gasteiger partial charge in [0.2, 0.25) is 0 Å². The predicted octanol–water partition coefficient (Wildman–Crippen LogP) is 0.791. The second-order valence-electron chi connectivity index (χ2n) is 3.61. The quantitative estimate of drug-likeness (QED) is 0.733. The highest BCUT2D eigenvalue weighted by Crippen LogP contribution is 2.40. The third-order valence-corrected chi connectivity index (χ3v) is 2.47. The summed E-state index contributed by atoms with van der Waals surface area (Å²) in [6.07, 6.45) is -7.83. The highest BCUT2D eigenvalue weighted by Gasteiger charge is 2.54. The van der Waals surface area contributed by atoms with E-state index >= 15 is 0 Å². The van der Waals surface area contributed by atoms with Crippen molar-refractivity contribution in [1.82, 2.24) is 0 Å². The lowest BCUT2D eigenvalue weighted by atomic mass is 9.77. The fraction of sp³-hybridized carbons (Fsp3) is 0.875. The zero-order valence-electron chi connectivity index (χ0n) is 7.75. The number of carbonyl (C=O) groups is 1. The number of aliphatic hydroxyl groups is 1. The Hall–Kier alpha value is -0.820. The molecular weight excluding hydrogens is 217 g/mol. The van der Waals surface area contributed by atoms with Gasteiger partial charge in [-0.25, -0.2) is 0 Å². The average molecular weight is 228 g/mol. The SMILES string of the molecule is O=C(O)C1(CC(F)(F)F)COCCC1O.